The standard InChI is InChI=1S/C17H10ClN3O6/c18-10-3-6-12(16(22)23)13(7-10)19-8-14-17(24)27-15(20-14)9-1-4-11(5-2-9)21(25)26/h1-8,24H,(H,22,23). The molecule has 0 bridgehead atoms. The molecule has 1 aromatic heterocycles. The Balaban J connectivity index is 1.91. The Morgan fingerprint density at radius 2 is 1.96 bits per heavy atom. The zero-order valence-corrected chi connectivity index (χ0v) is 14.1. The highest BCUT2D eigenvalue weighted by atomic mass is 35.5. The van der Waals surface area contributed by atoms with Crippen LogP contribution in [-0.4, -0.2) is 32.3 Å². The molecule has 9 nitrogen and oxygen atoms in total. The predicted molar refractivity (Wildman–Crippen MR) is 95.9 cm³/mol. The molecule has 0 unspecified atom stereocenters. The van der Waals surface area contributed by atoms with Gasteiger partial charge in [-0.2, -0.15) is 0 Å². The first-order valence-corrected chi connectivity index (χ1v) is 7.74. The van der Waals surface area contributed by atoms with Gasteiger partial charge in [0.05, 0.1) is 22.4 Å². The van der Waals surface area contributed by atoms with Crippen LogP contribution in [0.25, 0.3) is 11.5 Å². The van der Waals surface area contributed by atoms with Crippen LogP contribution in [0.5, 0.6) is 5.95 Å². The highest BCUT2D eigenvalue weighted by molar-refractivity contribution is 6.31. The zero-order valence-electron chi connectivity index (χ0n) is 13.4. The van der Waals surface area contributed by atoms with Crippen LogP contribution in [0, 0.1) is 10.1 Å². The van der Waals surface area contributed by atoms with Crippen LogP contribution in [0.1, 0.15) is 16.1 Å². The Bertz CT molecular complexity index is 1060. The number of oxazole rings is 1. The summed E-state index contributed by atoms with van der Waals surface area (Å²) in [5.74, 6) is -1.70. The van der Waals surface area contributed by atoms with E-state index in [2.05, 4.69) is 9.98 Å². The van der Waals surface area contributed by atoms with Gasteiger partial charge >= 0.3 is 11.9 Å². The van der Waals surface area contributed by atoms with Gasteiger partial charge in [-0.05, 0) is 30.3 Å². The van der Waals surface area contributed by atoms with Crippen molar-refractivity contribution in [3.05, 3.63) is 68.9 Å². The van der Waals surface area contributed by atoms with Crippen molar-refractivity contribution in [3.8, 4) is 17.4 Å². The molecule has 3 rings (SSSR count). The molecule has 2 N–H and O–H groups in total. The van der Waals surface area contributed by atoms with Gasteiger partial charge in [0.15, 0.2) is 5.69 Å². The molecule has 0 saturated heterocycles. The van der Waals surface area contributed by atoms with Crippen LogP contribution < -0.4 is 0 Å². The number of non-ortho nitro benzene ring substituents is 1. The topological polar surface area (TPSA) is 139 Å². The molecule has 27 heavy (non-hydrogen) atoms. The van der Waals surface area contributed by atoms with Gasteiger partial charge in [0.25, 0.3) is 5.69 Å². The summed E-state index contributed by atoms with van der Waals surface area (Å²) in [4.78, 5) is 29.4. The summed E-state index contributed by atoms with van der Waals surface area (Å²) in [5.41, 5.74) is 0.270. The van der Waals surface area contributed by atoms with Crippen molar-refractivity contribution >= 4 is 35.2 Å². The first-order chi connectivity index (χ1) is 12.8. The summed E-state index contributed by atoms with van der Waals surface area (Å²) in [7, 11) is 0. The van der Waals surface area contributed by atoms with E-state index in [1.807, 2.05) is 0 Å². The fourth-order valence-corrected chi connectivity index (χ4v) is 2.35. The lowest BCUT2D eigenvalue weighted by Crippen LogP contribution is -1.96. The van der Waals surface area contributed by atoms with Crippen molar-refractivity contribution < 1.29 is 24.3 Å². The molecule has 136 valence electrons. The number of aromatic nitrogens is 1. The maximum absolute atomic E-state index is 11.2. The molecule has 0 aliphatic heterocycles. The molecule has 0 radical (unpaired) electrons. The van der Waals surface area contributed by atoms with Gasteiger partial charge in [0.2, 0.25) is 5.89 Å². The van der Waals surface area contributed by atoms with E-state index in [1.165, 1.54) is 42.5 Å². The minimum atomic E-state index is -1.19. The molecular formula is C17H10ClN3O6. The fraction of sp³-hybridized carbons (Fsp3) is 0. The minimum absolute atomic E-state index is 0.0217. The minimum Gasteiger partial charge on any atom is -0.479 e. The summed E-state index contributed by atoms with van der Waals surface area (Å²) >= 11 is 5.86. The summed E-state index contributed by atoms with van der Waals surface area (Å²) in [6.07, 6.45) is 1.13. The highest BCUT2D eigenvalue weighted by Crippen LogP contribution is 2.28. The summed E-state index contributed by atoms with van der Waals surface area (Å²) in [5, 5.41) is 30.0. The Kier molecular flexibility index (Phi) is 4.86. The SMILES string of the molecule is O=C(O)c1ccc(Cl)cc1N=Cc1nc(-c2ccc([N+](=O)[O-])cc2)oc1O. The monoisotopic (exact) mass is 387 g/mol. The quantitative estimate of drug-likeness (QED) is 0.382. The van der Waals surface area contributed by atoms with Gasteiger partial charge in [0.1, 0.15) is 0 Å². The number of nitrogens with zero attached hydrogens (tertiary/aromatic N) is 3. The molecule has 0 aliphatic rings. The van der Waals surface area contributed by atoms with Crippen LogP contribution >= 0.6 is 11.6 Å². The molecule has 1 heterocycles. The van der Waals surface area contributed by atoms with Crippen molar-refractivity contribution in [2.24, 2.45) is 4.99 Å². The van der Waals surface area contributed by atoms with Gasteiger partial charge in [-0.3, -0.25) is 15.1 Å². The number of halogens is 1. The van der Waals surface area contributed by atoms with E-state index in [0.29, 0.717) is 10.6 Å². The summed E-state index contributed by atoms with van der Waals surface area (Å²) in [6.45, 7) is 0. The number of nitro benzene ring substituents is 1. The number of benzene rings is 2. The second-order valence-corrected chi connectivity index (χ2v) is 5.67. The number of hydrogen-bond acceptors (Lipinski definition) is 7. The van der Waals surface area contributed by atoms with E-state index in [0.717, 1.165) is 6.21 Å². The number of nitro groups is 1. The lowest BCUT2D eigenvalue weighted by atomic mass is 10.2. The zero-order chi connectivity index (χ0) is 19.6. The molecular weight excluding hydrogens is 378 g/mol. The van der Waals surface area contributed by atoms with E-state index in [9.17, 15) is 25.1 Å². The van der Waals surface area contributed by atoms with E-state index in [1.54, 1.807) is 0 Å². The number of carbonyl (C=O) groups is 1. The molecule has 0 amide bonds. The van der Waals surface area contributed by atoms with Crippen LogP contribution in [0.4, 0.5) is 11.4 Å². The second kappa shape index (κ2) is 7.26. The van der Waals surface area contributed by atoms with Crippen molar-refractivity contribution in [1.82, 2.24) is 4.98 Å². The molecule has 0 atom stereocenters. The number of hydrogen-bond donors (Lipinski definition) is 2. The van der Waals surface area contributed by atoms with Crippen molar-refractivity contribution in [1.29, 1.82) is 0 Å². The molecule has 10 heteroatoms. The normalized spacial score (nSPS) is 11.0. The second-order valence-electron chi connectivity index (χ2n) is 5.24. The van der Waals surface area contributed by atoms with Crippen molar-refractivity contribution in [3.63, 3.8) is 0 Å². The van der Waals surface area contributed by atoms with Crippen LogP contribution in [0.15, 0.2) is 51.9 Å². The number of aliphatic imine (C=N–C) groups is 1. The predicted octanol–water partition coefficient (Wildman–Crippen LogP) is 4.06. The molecule has 0 aliphatic carbocycles. The molecule has 2 aromatic carbocycles. The average molecular weight is 388 g/mol. The first-order valence-electron chi connectivity index (χ1n) is 7.36. The smallest absolute Gasteiger partial charge is 0.337 e. The molecule has 0 saturated carbocycles. The maximum atomic E-state index is 11.2. The number of carboxylic acids is 1. The van der Waals surface area contributed by atoms with Gasteiger partial charge in [-0.25, -0.2) is 9.78 Å². The highest BCUT2D eigenvalue weighted by Gasteiger charge is 2.15. The lowest BCUT2D eigenvalue weighted by molar-refractivity contribution is -0.384. The van der Waals surface area contributed by atoms with Crippen molar-refractivity contribution in [2.75, 3.05) is 0 Å². The third-order valence-electron chi connectivity index (χ3n) is 3.48. The summed E-state index contributed by atoms with van der Waals surface area (Å²) < 4.78 is 5.13. The Morgan fingerprint density at radius 1 is 1.26 bits per heavy atom. The number of aromatic hydroxyl groups is 1. The number of carboxylic acid groups (broad SMARTS) is 1. The fourth-order valence-electron chi connectivity index (χ4n) is 2.18. The van der Waals surface area contributed by atoms with Gasteiger partial charge in [-0.1, -0.05) is 11.6 Å². The average Bonchev–Trinajstić information content (AvgIpc) is 3.00. The maximum Gasteiger partial charge on any atom is 0.337 e. The molecule has 3 aromatic rings. The Labute approximate surface area is 156 Å². The van der Waals surface area contributed by atoms with E-state index in [-0.39, 0.29) is 28.5 Å². The van der Waals surface area contributed by atoms with Crippen LogP contribution in [0.2, 0.25) is 5.02 Å². The van der Waals surface area contributed by atoms with Crippen LogP contribution in [-0.2, 0) is 0 Å². The third kappa shape index (κ3) is 3.93. The van der Waals surface area contributed by atoms with Gasteiger partial charge in [0, 0.05) is 22.7 Å². The van der Waals surface area contributed by atoms with E-state index < -0.39 is 16.8 Å². The first kappa shape index (κ1) is 18.1. The van der Waals surface area contributed by atoms with Crippen LogP contribution in [0.3, 0.4) is 0 Å². The Hall–Kier alpha value is -3.72. The lowest BCUT2D eigenvalue weighted by Gasteiger charge is -2.00. The molecule has 0 fully saturated rings. The Morgan fingerprint density at radius 3 is 2.59 bits per heavy atom. The number of aromatic carboxylic acids is 1. The largest absolute Gasteiger partial charge is 0.479 e. The van der Waals surface area contributed by atoms with Gasteiger partial charge < -0.3 is 14.6 Å². The third-order valence-corrected chi connectivity index (χ3v) is 3.71. The van der Waals surface area contributed by atoms with Gasteiger partial charge in [-0.15, -0.1) is 0 Å². The van der Waals surface area contributed by atoms with Crippen molar-refractivity contribution in [2.45, 2.75) is 0 Å². The molecule has 0 spiro atoms. The van der Waals surface area contributed by atoms with E-state index >= 15 is 0 Å². The van der Waals surface area contributed by atoms with E-state index in [4.69, 9.17) is 16.0 Å². The number of rotatable bonds is 5. The summed E-state index contributed by atoms with van der Waals surface area (Å²) in [6, 6.07) is 9.47.